The average molecular weight is 260 g/mol. The van der Waals surface area contributed by atoms with Crippen LogP contribution in [0.5, 0.6) is 0 Å². The lowest BCUT2D eigenvalue weighted by atomic mass is 10.1. The Balaban J connectivity index is 2.24. The summed E-state index contributed by atoms with van der Waals surface area (Å²) >= 11 is 5.87. The molecule has 16 heavy (non-hydrogen) atoms. The van der Waals surface area contributed by atoms with Crippen molar-refractivity contribution in [2.75, 3.05) is 18.8 Å². The SMILES string of the molecule is Cc1cc(S(=O)(=O)CC2CNC2)ccc1Cl. The molecule has 88 valence electrons. The Bertz CT molecular complexity index is 495. The summed E-state index contributed by atoms with van der Waals surface area (Å²) in [6, 6.07) is 4.86. The average Bonchev–Trinajstić information content (AvgIpc) is 2.16. The lowest BCUT2D eigenvalue weighted by Crippen LogP contribution is -2.45. The van der Waals surface area contributed by atoms with Gasteiger partial charge in [0, 0.05) is 18.1 Å². The summed E-state index contributed by atoms with van der Waals surface area (Å²) in [7, 11) is -3.16. The number of hydrogen-bond acceptors (Lipinski definition) is 3. The quantitative estimate of drug-likeness (QED) is 0.898. The molecular weight excluding hydrogens is 246 g/mol. The van der Waals surface area contributed by atoms with Crippen LogP contribution in [0.1, 0.15) is 5.56 Å². The number of hydrogen-bond donors (Lipinski definition) is 1. The van der Waals surface area contributed by atoms with Crippen molar-refractivity contribution < 1.29 is 8.42 Å². The van der Waals surface area contributed by atoms with Crippen LogP contribution in [0.2, 0.25) is 5.02 Å². The molecule has 0 amide bonds. The normalized spacial score (nSPS) is 17.1. The van der Waals surface area contributed by atoms with Crippen molar-refractivity contribution in [3.63, 3.8) is 0 Å². The van der Waals surface area contributed by atoms with E-state index < -0.39 is 9.84 Å². The Morgan fingerprint density at radius 1 is 1.44 bits per heavy atom. The summed E-state index contributed by atoms with van der Waals surface area (Å²) in [5.74, 6) is 0.474. The molecule has 2 rings (SSSR count). The Morgan fingerprint density at radius 3 is 2.62 bits per heavy atom. The van der Waals surface area contributed by atoms with Gasteiger partial charge in [-0.15, -0.1) is 0 Å². The first-order chi connectivity index (χ1) is 7.49. The predicted octanol–water partition coefficient (Wildman–Crippen LogP) is 1.64. The van der Waals surface area contributed by atoms with Crippen LogP contribution in [0.4, 0.5) is 0 Å². The van der Waals surface area contributed by atoms with Crippen LogP contribution < -0.4 is 5.32 Å². The highest BCUT2D eigenvalue weighted by molar-refractivity contribution is 7.91. The zero-order chi connectivity index (χ0) is 11.8. The van der Waals surface area contributed by atoms with E-state index in [4.69, 9.17) is 11.6 Å². The minimum atomic E-state index is -3.16. The Hall–Kier alpha value is -0.580. The number of benzene rings is 1. The number of rotatable bonds is 3. The van der Waals surface area contributed by atoms with Gasteiger partial charge in [-0.05, 0) is 36.6 Å². The second-order valence-electron chi connectivity index (χ2n) is 4.22. The first-order valence-corrected chi connectivity index (χ1v) is 7.22. The van der Waals surface area contributed by atoms with Crippen LogP contribution in [0.25, 0.3) is 0 Å². The largest absolute Gasteiger partial charge is 0.316 e. The summed E-state index contributed by atoms with van der Waals surface area (Å²) in [6.07, 6.45) is 0. The molecule has 0 atom stereocenters. The Morgan fingerprint density at radius 2 is 2.12 bits per heavy atom. The van der Waals surface area contributed by atoms with Crippen molar-refractivity contribution in [2.24, 2.45) is 5.92 Å². The van der Waals surface area contributed by atoms with E-state index in [1.54, 1.807) is 18.2 Å². The summed E-state index contributed by atoms with van der Waals surface area (Å²) in [6.45, 7) is 3.41. The van der Waals surface area contributed by atoms with Gasteiger partial charge in [-0.1, -0.05) is 11.6 Å². The molecule has 1 aliphatic heterocycles. The van der Waals surface area contributed by atoms with Gasteiger partial charge in [-0.2, -0.15) is 0 Å². The van der Waals surface area contributed by atoms with Gasteiger partial charge >= 0.3 is 0 Å². The second-order valence-corrected chi connectivity index (χ2v) is 6.66. The first-order valence-electron chi connectivity index (χ1n) is 5.19. The van der Waals surface area contributed by atoms with Gasteiger partial charge in [0.1, 0.15) is 0 Å². The molecule has 0 aliphatic carbocycles. The van der Waals surface area contributed by atoms with Gasteiger partial charge in [0.25, 0.3) is 0 Å². The molecule has 0 spiro atoms. The van der Waals surface area contributed by atoms with Crippen molar-refractivity contribution in [3.8, 4) is 0 Å². The predicted molar refractivity (Wildman–Crippen MR) is 64.6 cm³/mol. The number of nitrogens with one attached hydrogen (secondary N) is 1. The second kappa shape index (κ2) is 4.35. The molecule has 1 heterocycles. The van der Waals surface area contributed by atoms with Gasteiger partial charge in [0.05, 0.1) is 10.6 Å². The van der Waals surface area contributed by atoms with Crippen molar-refractivity contribution in [1.82, 2.24) is 5.32 Å². The molecule has 0 saturated carbocycles. The van der Waals surface area contributed by atoms with E-state index in [0.717, 1.165) is 18.7 Å². The van der Waals surface area contributed by atoms with Crippen molar-refractivity contribution in [3.05, 3.63) is 28.8 Å². The lowest BCUT2D eigenvalue weighted by Gasteiger charge is -2.26. The van der Waals surface area contributed by atoms with Gasteiger partial charge in [0.2, 0.25) is 0 Å². The zero-order valence-corrected chi connectivity index (χ0v) is 10.6. The molecule has 0 bridgehead atoms. The van der Waals surface area contributed by atoms with Gasteiger partial charge < -0.3 is 5.32 Å². The molecule has 1 saturated heterocycles. The summed E-state index contributed by atoms with van der Waals surface area (Å²) < 4.78 is 24.1. The van der Waals surface area contributed by atoms with Crippen LogP contribution in [0, 0.1) is 12.8 Å². The van der Waals surface area contributed by atoms with Crippen LogP contribution >= 0.6 is 11.6 Å². The maximum absolute atomic E-state index is 12.0. The number of sulfone groups is 1. The molecule has 0 unspecified atom stereocenters. The lowest BCUT2D eigenvalue weighted by molar-refractivity contribution is 0.378. The van der Waals surface area contributed by atoms with E-state index in [2.05, 4.69) is 5.32 Å². The monoisotopic (exact) mass is 259 g/mol. The van der Waals surface area contributed by atoms with Crippen LogP contribution in [-0.2, 0) is 9.84 Å². The fraction of sp³-hybridized carbons (Fsp3) is 0.455. The topological polar surface area (TPSA) is 46.2 Å². The fourth-order valence-corrected chi connectivity index (χ4v) is 3.48. The number of halogens is 1. The summed E-state index contributed by atoms with van der Waals surface area (Å²) in [5, 5.41) is 3.67. The minimum Gasteiger partial charge on any atom is -0.316 e. The zero-order valence-electron chi connectivity index (χ0n) is 9.03. The Kier molecular flexibility index (Phi) is 3.24. The third-order valence-electron chi connectivity index (χ3n) is 2.81. The molecule has 0 radical (unpaired) electrons. The van der Waals surface area contributed by atoms with Crippen LogP contribution in [0.15, 0.2) is 23.1 Å². The van der Waals surface area contributed by atoms with E-state index in [1.165, 1.54) is 0 Å². The van der Waals surface area contributed by atoms with E-state index in [0.29, 0.717) is 9.92 Å². The summed E-state index contributed by atoms with van der Waals surface area (Å²) in [4.78, 5) is 0.376. The molecule has 3 nitrogen and oxygen atoms in total. The van der Waals surface area contributed by atoms with E-state index >= 15 is 0 Å². The van der Waals surface area contributed by atoms with Crippen LogP contribution in [0.3, 0.4) is 0 Å². The third-order valence-corrected chi connectivity index (χ3v) is 5.12. The maximum Gasteiger partial charge on any atom is 0.178 e. The smallest absolute Gasteiger partial charge is 0.178 e. The van der Waals surface area contributed by atoms with Crippen molar-refractivity contribution in [2.45, 2.75) is 11.8 Å². The summed E-state index contributed by atoms with van der Waals surface area (Å²) in [5.41, 5.74) is 0.800. The van der Waals surface area contributed by atoms with E-state index in [-0.39, 0.29) is 11.7 Å². The van der Waals surface area contributed by atoms with Crippen LogP contribution in [-0.4, -0.2) is 27.3 Å². The highest BCUT2D eigenvalue weighted by atomic mass is 35.5. The molecule has 1 N–H and O–H groups in total. The molecule has 1 aromatic carbocycles. The molecule has 1 aliphatic rings. The van der Waals surface area contributed by atoms with Crippen molar-refractivity contribution >= 4 is 21.4 Å². The van der Waals surface area contributed by atoms with Gasteiger partial charge in [-0.25, -0.2) is 8.42 Å². The molecule has 0 aromatic heterocycles. The standard InChI is InChI=1S/C11H14ClNO2S/c1-8-4-10(2-3-11(8)12)16(14,15)7-9-5-13-6-9/h2-4,9,13H,5-7H2,1H3. The Labute approximate surface area is 101 Å². The maximum atomic E-state index is 12.0. The minimum absolute atomic E-state index is 0.223. The van der Waals surface area contributed by atoms with E-state index in [9.17, 15) is 8.42 Å². The third kappa shape index (κ3) is 2.39. The molecule has 5 heteroatoms. The fourth-order valence-electron chi connectivity index (χ4n) is 1.68. The highest BCUT2D eigenvalue weighted by Crippen LogP contribution is 2.22. The molecule has 1 aromatic rings. The molecular formula is C11H14ClNO2S. The van der Waals surface area contributed by atoms with Gasteiger partial charge in [0.15, 0.2) is 9.84 Å². The number of aryl methyl sites for hydroxylation is 1. The highest BCUT2D eigenvalue weighted by Gasteiger charge is 2.25. The first kappa shape index (κ1) is 11.9. The van der Waals surface area contributed by atoms with Gasteiger partial charge in [-0.3, -0.25) is 0 Å². The molecule has 1 fully saturated rings. The van der Waals surface area contributed by atoms with Crippen molar-refractivity contribution in [1.29, 1.82) is 0 Å². The van der Waals surface area contributed by atoms with E-state index in [1.807, 2.05) is 6.92 Å².